The second-order valence-electron chi connectivity index (χ2n) is 6.65. The van der Waals surface area contributed by atoms with Gasteiger partial charge in [-0.1, -0.05) is 12.1 Å². The van der Waals surface area contributed by atoms with Crippen molar-refractivity contribution >= 4 is 40.2 Å². The van der Waals surface area contributed by atoms with E-state index in [2.05, 4.69) is 15.3 Å². The molecule has 0 spiro atoms. The lowest BCUT2D eigenvalue weighted by Crippen LogP contribution is -2.29. The molecule has 0 saturated carbocycles. The molecule has 28 heavy (non-hydrogen) atoms. The maximum atomic E-state index is 12.8. The van der Waals surface area contributed by atoms with Crippen LogP contribution in [0.2, 0.25) is 0 Å². The van der Waals surface area contributed by atoms with Crippen LogP contribution in [-0.4, -0.2) is 39.0 Å². The number of carbonyl (C=O) groups excluding carboxylic acids is 2. The molecule has 4 rings (SSSR count). The fraction of sp³-hybridized carbons (Fsp3) is 0.200. The van der Waals surface area contributed by atoms with Crippen LogP contribution in [0.15, 0.2) is 52.2 Å². The average molecular weight is 394 g/mol. The number of hydrogen-bond acceptors (Lipinski definition) is 5. The summed E-state index contributed by atoms with van der Waals surface area (Å²) in [5.74, 6) is 0.111. The van der Waals surface area contributed by atoms with Gasteiger partial charge in [-0.2, -0.15) is 0 Å². The molecule has 2 amide bonds. The Bertz CT molecular complexity index is 1160. The number of fused-ring (bicyclic) bond motifs is 2. The van der Waals surface area contributed by atoms with Gasteiger partial charge in [0.1, 0.15) is 5.82 Å². The van der Waals surface area contributed by atoms with Gasteiger partial charge < -0.3 is 15.2 Å². The van der Waals surface area contributed by atoms with Crippen molar-refractivity contribution in [2.24, 2.45) is 0 Å². The first-order valence-corrected chi connectivity index (χ1v) is 9.65. The molecule has 1 atom stereocenters. The Morgan fingerprint density at radius 2 is 2.00 bits per heavy atom. The zero-order valence-electron chi connectivity index (χ0n) is 15.4. The molecule has 0 saturated heterocycles. The summed E-state index contributed by atoms with van der Waals surface area (Å²) in [5, 5.41) is 3.18. The van der Waals surface area contributed by atoms with Crippen molar-refractivity contribution in [3.8, 4) is 0 Å². The molecule has 7 nitrogen and oxygen atoms in total. The molecule has 0 fully saturated rings. The van der Waals surface area contributed by atoms with Gasteiger partial charge in [0.15, 0.2) is 0 Å². The zero-order valence-corrected chi connectivity index (χ0v) is 16.2. The van der Waals surface area contributed by atoms with Crippen molar-refractivity contribution in [3.05, 3.63) is 64.2 Å². The van der Waals surface area contributed by atoms with Crippen LogP contribution in [0, 0.1) is 0 Å². The summed E-state index contributed by atoms with van der Waals surface area (Å²) in [4.78, 5) is 46.5. The van der Waals surface area contributed by atoms with E-state index in [9.17, 15) is 14.4 Å². The normalized spacial score (nSPS) is 15.8. The first kappa shape index (κ1) is 18.2. The predicted molar refractivity (Wildman–Crippen MR) is 109 cm³/mol. The van der Waals surface area contributed by atoms with Crippen LogP contribution in [0.3, 0.4) is 0 Å². The summed E-state index contributed by atoms with van der Waals surface area (Å²) >= 11 is 1.47. The Balaban J connectivity index is 1.57. The molecule has 8 heteroatoms. The van der Waals surface area contributed by atoms with Gasteiger partial charge in [0.25, 0.3) is 11.5 Å². The minimum absolute atomic E-state index is 0.0756. The molecule has 2 aromatic carbocycles. The number of aromatic nitrogens is 2. The number of nitrogens with one attached hydrogen (secondary N) is 2. The summed E-state index contributed by atoms with van der Waals surface area (Å²) in [5.41, 5.74) is 1.46. The van der Waals surface area contributed by atoms with Gasteiger partial charge in [-0.15, -0.1) is 11.8 Å². The molecule has 0 bridgehead atoms. The molecule has 1 aromatic heterocycles. The third-order valence-electron chi connectivity index (χ3n) is 4.55. The van der Waals surface area contributed by atoms with Crippen LogP contribution >= 0.6 is 11.8 Å². The fourth-order valence-electron chi connectivity index (χ4n) is 3.07. The smallest absolute Gasteiger partial charge is 0.258 e. The number of hydrogen-bond donors (Lipinski definition) is 2. The zero-order chi connectivity index (χ0) is 19.8. The number of amides is 2. The van der Waals surface area contributed by atoms with E-state index in [0.29, 0.717) is 28.0 Å². The van der Waals surface area contributed by atoms with E-state index >= 15 is 0 Å². The SMILES string of the molecule is CC1Sc2ccc(C(=O)N(C)Cc3nc4ccccc4c(=O)[nH]3)cc2NC1=O. The second-order valence-corrected chi connectivity index (χ2v) is 8.03. The summed E-state index contributed by atoms with van der Waals surface area (Å²) in [7, 11) is 1.65. The van der Waals surface area contributed by atoms with Gasteiger partial charge in [-0.3, -0.25) is 14.4 Å². The molecule has 3 aromatic rings. The lowest BCUT2D eigenvalue weighted by Gasteiger charge is -2.23. The van der Waals surface area contributed by atoms with Gasteiger partial charge in [0, 0.05) is 17.5 Å². The highest BCUT2D eigenvalue weighted by Gasteiger charge is 2.24. The van der Waals surface area contributed by atoms with Crippen LogP contribution in [-0.2, 0) is 11.3 Å². The topological polar surface area (TPSA) is 95.2 Å². The predicted octanol–water partition coefficient (Wildman–Crippen LogP) is 2.63. The number of anilines is 1. The lowest BCUT2D eigenvalue weighted by molar-refractivity contribution is -0.115. The standard InChI is InChI=1S/C20H18N4O3S/c1-11-18(25)22-15-9-12(7-8-16(15)28-11)20(27)24(2)10-17-21-14-6-4-3-5-13(14)19(26)23-17/h3-9,11H,10H2,1-2H3,(H,22,25)(H,21,23,26). The summed E-state index contributed by atoms with van der Waals surface area (Å²) in [6.07, 6.45) is 0. The van der Waals surface area contributed by atoms with Crippen molar-refractivity contribution in [1.29, 1.82) is 0 Å². The summed E-state index contributed by atoms with van der Waals surface area (Å²) < 4.78 is 0. The maximum Gasteiger partial charge on any atom is 0.258 e. The third kappa shape index (κ3) is 3.38. The molecular weight excluding hydrogens is 376 g/mol. The van der Waals surface area contributed by atoms with Crippen LogP contribution in [0.4, 0.5) is 5.69 Å². The number of benzene rings is 2. The maximum absolute atomic E-state index is 12.8. The van der Waals surface area contributed by atoms with Crippen molar-refractivity contribution in [1.82, 2.24) is 14.9 Å². The summed E-state index contributed by atoms with van der Waals surface area (Å²) in [6.45, 7) is 2.00. The van der Waals surface area contributed by atoms with E-state index in [1.165, 1.54) is 16.7 Å². The summed E-state index contributed by atoms with van der Waals surface area (Å²) in [6, 6.07) is 12.3. The lowest BCUT2D eigenvalue weighted by atomic mass is 10.1. The quantitative estimate of drug-likeness (QED) is 0.712. The van der Waals surface area contributed by atoms with Crippen LogP contribution in [0.25, 0.3) is 10.9 Å². The fourth-order valence-corrected chi connectivity index (χ4v) is 4.00. The van der Waals surface area contributed by atoms with E-state index in [1.807, 2.05) is 19.1 Å². The second kappa shape index (κ2) is 7.12. The molecule has 1 aliphatic heterocycles. The van der Waals surface area contributed by atoms with E-state index in [0.717, 1.165) is 4.90 Å². The van der Waals surface area contributed by atoms with Gasteiger partial charge in [-0.25, -0.2) is 4.98 Å². The Morgan fingerprint density at radius 1 is 1.21 bits per heavy atom. The molecule has 0 radical (unpaired) electrons. The van der Waals surface area contributed by atoms with E-state index in [4.69, 9.17) is 0 Å². The molecule has 1 aliphatic rings. The van der Waals surface area contributed by atoms with Gasteiger partial charge in [0.05, 0.1) is 28.4 Å². The van der Waals surface area contributed by atoms with E-state index < -0.39 is 0 Å². The van der Waals surface area contributed by atoms with Crippen molar-refractivity contribution < 1.29 is 9.59 Å². The van der Waals surface area contributed by atoms with Gasteiger partial charge >= 0.3 is 0 Å². The number of aromatic amines is 1. The largest absolute Gasteiger partial charge is 0.334 e. The van der Waals surface area contributed by atoms with Gasteiger partial charge in [-0.05, 0) is 37.3 Å². The Labute approximate surface area is 165 Å². The number of rotatable bonds is 3. The molecule has 1 unspecified atom stereocenters. The highest BCUT2D eigenvalue weighted by molar-refractivity contribution is 8.00. The number of para-hydroxylation sites is 1. The molecule has 2 N–H and O–H groups in total. The Morgan fingerprint density at radius 3 is 2.82 bits per heavy atom. The van der Waals surface area contributed by atoms with Gasteiger partial charge in [0.2, 0.25) is 5.91 Å². The monoisotopic (exact) mass is 394 g/mol. The average Bonchev–Trinajstić information content (AvgIpc) is 2.68. The Kier molecular flexibility index (Phi) is 4.64. The number of thioether (sulfide) groups is 1. The van der Waals surface area contributed by atoms with E-state index in [-0.39, 0.29) is 29.2 Å². The molecule has 0 aliphatic carbocycles. The van der Waals surface area contributed by atoms with Crippen LogP contribution in [0.5, 0.6) is 0 Å². The highest BCUT2D eigenvalue weighted by atomic mass is 32.2. The van der Waals surface area contributed by atoms with Crippen molar-refractivity contribution in [3.63, 3.8) is 0 Å². The number of H-pyrrole nitrogens is 1. The molecule has 142 valence electrons. The Hall–Kier alpha value is -3.13. The van der Waals surface area contributed by atoms with Crippen LogP contribution < -0.4 is 10.9 Å². The van der Waals surface area contributed by atoms with Crippen molar-refractivity contribution in [2.45, 2.75) is 23.6 Å². The van der Waals surface area contributed by atoms with Crippen molar-refractivity contribution in [2.75, 3.05) is 12.4 Å². The molecule has 2 heterocycles. The minimum Gasteiger partial charge on any atom is -0.334 e. The highest BCUT2D eigenvalue weighted by Crippen LogP contribution is 2.36. The van der Waals surface area contributed by atoms with Crippen LogP contribution in [0.1, 0.15) is 23.1 Å². The minimum atomic E-state index is -0.232. The molecular formula is C20H18N4O3S. The number of carbonyl (C=O) groups is 2. The third-order valence-corrected chi connectivity index (χ3v) is 5.73. The first-order chi connectivity index (χ1) is 13.4. The number of nitrogens with zero attached hydrogens (tertiary/aromatic N) is 2. The first-order valence-electron chi connectivity index (χ1n) is 8.77. The van der Waals surface area contributed by atoms with E-state index in [1.54, 1.807) is 37.4 Å².